The van der Waals surface area contributed by atoms with Crippen LogP contribution in [-0.2, 0) is 18.0 Å². The summed E-state index contributed by atoms with van der Waals surface area (Å²) < 4.78 is 17.5. The molecule has 62 heavy (non-hydrogen) atoms. The standard InChI is InChI=1S/C27H26ClNO3.C25H22ClNO3/c1-2-31-27(30)20-13-19(14-22(29)15-20)23-9-6-10-24(23)25-16-21(28)11-12-26(25)32-17-18-7-4-3-5-8-18;26-19-9-10-24(30-15-16-5-2-1-3-6-16)23(14-19)22-8-4-7-21(22)17-11-18(25(28)29)13-20(27)12-17/h3-5,7-8,11-16H,2,6,9-10,17,29H2,1H3;1-3,5-6,9-14H,4,7-8,15,27H2,(H,28,29). The van der Waals surface area contributed by atoms with Gasteiger partial charge in [-0.15, -0.1) is 0 Å². The van der Waals surface area contributed by atoms with Gasteiger partial charge in [-0.3, -0.25) is 0 Å². The maximum Gasteiger partial charge on any atom is 0.338 e. The fraction of sp³-hybridized carbons (Fsp3) is 0.192. The first-order chi connectivity index (χ1) is 30.1. The van der Waals surface area contributed by atoms with Crippen LogP contribution in [0.3, 0.4) is 0 Å². The molecule has 6 aromatic rings. The predicted molar refractivity (Wildman–Crippen MR) is 250 cm³/mol. The number of hydrogen-bond donors (Lipinski definition) is 3. The largest absolute Gasteiger partial charge is 0.488 e. The van der Waals surface area contributed by atoms with Gasteiger partial charge in [0.1, 0.15) is 24.7 Å². The number of hydrogen-bond acceptors (Lipinski definition) is 7. The van der Waals surface area contributed by atoms with Crippen LogP contribution in [0.4, 0.5) is 11.4 Å². The zero-order valence-electron chi connectivity index (χ0n) is 34.5. The maximum absolute atomic E-state index is 12.3. The van der Waals surface area contributed by atoms with Crippen LogP contribution in [0.15, 0.2) is 133 Å². The van der Waals surface area contributed by atoms with E-state index in [1.54, 1.807) is 19.1 Å². The molecule has 8 rings (SSSR count). The number of aromatic carboxylic acids is 1. The van der Waals surface area contributed by atoms with Gasteiger partial charge >= 0.3 is 11.9 Å². The fourth-order valence-corrected chi connectivity index (χ4v) is 8.37. The van der Waals surface area contributed by atoms with Gasteiger partial charge < -0.3 is 30.8 Å². The Morgan fingerprint density at radius 3 is 1.45 bits per heavy atom. The van der Waals surface area contributed by atoms with E-state index in [4.69, 9.17) is 48.9 Å². The zero-order chi connectivity index (χ0) is 43.6. The second kappa shape index (κ2) is 20.4. The average molecular weight is 868 g/mol. The summed E-state index contributed by atoms with van der Waals surface area (Å²) in [6.45, 7) is 3.04. The van der Waals surface area contributed by atoms with Crippen LogP contribution in [0, 0.1) is 0 Å². The van der Waals surface area contributed by atoms with E-state index in [0.29, 0.717) is 46.8 Å². The molecular formula is C52H48Cl2N2O6. The lowest BCUT2D eigenvalue weighted by molar-refractivity contribution is 0.0525. The summed E-state index contributed by atoms with van der Waals surface area (Å²) in [6.07, 6.45) is 5.51. The summed E-state index contributed by atoms with van der Waals surface area (Å²) in [6, 6.07) is 41.9. The van der Waals surface area contributed by atoms with E-state index in [1.165, 1.54) is 11.6 Å². The highest BCUT2D eigenvalue weighted by Gasteiger charge is 2.24. The van der Waals surface area contributed by atoms with Crippen LogP contribution in [0.5, 0.6) is 11.5 Å². The van der Waals surface area contributed by atoms with E-state index in [1.807, 2.05) is 115 Å². The van der Waals surface area contributed by atoms with Crippen molar-refractivity contribution in [1.29, 1.82) is 0 Å². The number of esters is 1. The van der Waals surface area contributed by atoms with Crippen LogP contribution >= 0.6 is 23.2 Å². The number of carboxylic acids is 1. The van der Waals surface area contributed by atoms with Crippen molar-refractivity contribution in [2.24, 2.45) is 0 Å². The monoisotopic (exact) mass is 866 g/mol. The first kappa shape index (κ1) is 43.6. The lowest BCUT2D eigenvalue weighted by Crippen LogP contribution is -2.06. The van der Waals surface area contributed by atoms with E-state index in [9.17, 15) is 14.7 Å². The number of anilines is 2. The minimum absolute atomic E-state index is 0.190. The summed E-state index contributed by atoms with van der Waals surface area (Å²) >= 11 is 12.7. The topological polar surface area (TPSA) is 134 Å². The Kier molecular flexibility index (Phi) is 14.3. The molecule has 6 aromatic carbocycles. The zero-order valence-corrected chi connectivity index (χ0v) is 36.0. The lowest BCUT2D eigenvalue weighted by atomic mass is 9.95. The Morgan fingerprint density at radius 2 is 1.00 bits per heavy atom. The quantitative estimate of drug-likeness (QED) is 0.0772. The van der Waals surface area contributed by atoms with Crippen LogP contribution in [-0.4, -0.2) is 23.7 Å². The molecule has 0 amide bonds. The van der Waals surface area contributed by atoms with Gasteiger partial charge in [0, 0.05) is 32.5 Å². The van der Waals surface area contributed by atoms with Gasteiger partial charge in [-0.05, 0) is 163 Å². The van der Waals surface area contributed by atoms with E-state index >= 15 is 0 Å². The summed E-state index contributed by atoms with van der Waals surface area (Å²) in [4.78, 5) is 23.8. The van der Waals surface area contributed by atoms with Crippen LogP contribution in [0.2, 0.25) is 10.0 Å². The molecule has 0 heterocycles. The van der Waals surface area contributed by atoms with Gasteiger partial charge in [0.15, 0.2) is 0 Å². The Hall–Kier alpha value is -6.48. The third kappa shape index (κ3) is 10.9. The van der Waals surface area contributed by atoms with Gasteiger partial charge in [0.2, 0.25) is 0 Å². The molecule has 10 heteroatoms. The number of nitrogen functional groups attached to an aromatic ring is 2. The molecule has 0 bridgehead atoms. The molecule has 0 aliphatic heterocycles. The highest BCUT2D eigenvalue weighted by atomic mass is 35.5. The van der Waals surface area contributed by atoms with Crippen LogP contribution < -0.4 is 20.9 Å². The summed E-state index contributed by atoms with van der Waals surface area (Å²) in [5.41, 5.74) is 24.2. The molecule has 0 aromatic heterocycles. The van der Waals surface area contributed by atoms with E-state index in [-0.39, 0.29) is 11.5 Å². The molecule has 0 atom stereocenters. The Balaban J connectivity index is 0.000000187. The van der Waals surface area contributed by atoms with Gasteiger partial charge in [-0.25, -0.2) is 9.59 Å². The number of rotatable bonds is 13. The molecule has 0 unspecified atom stereocenters. The molecule has 0 fully saturated rings. The van der Waals surface area contributed by atoms with Crippen molar-refractivity contribution in [3.63, 3.8) is 0 Å². The number of carbonyl (C=O) groups is 2. The van der Waals surface area contributed by atoms with Crippen LogP contribution in [0.25, 0.3) is 22.3 Å². The summed E-state index contributed by atoms with van der Waals surface area (Å²) in [5, 5.41) is 10.7. The average Bonchev–Trinajstić information content (AvgIpc) is 3.98. The number of ether oxygens (including phenoxy) is 3. The molecule has 0 radical (unpaired) electrons. The maximum atomic E-state index is 12.3. The number of benzene rings is 6. The number of allylic oxidation sites excluding steroid dienone is 4. The molecule has 0 saturated carbocycles. The highest BCUT2D eigenvalue weighted by Crippen LogP contribution is 2.46. The lowest BCUT2D eigenvalue weighted by Gasteiger charge is -2.16. The minimum Gasteiger partial charge on any atom is -0.488 e. The smallest absolute Gasteiger partial charge is 0.338 e. The third-order valence-electron chi connectivity index (χ3n) is 10.8. The molecule has 2 aliphatic rings. The predicted octanol–water partition coefficient (Wildman–Crippen LogP) is 13.1. The highest BCUT2D eigenvalue weighted by molar-refractivity contribution is 6.31. The summed E-state index contributed by atoms with van der Waals surface area (Å²) in [5.74, 6) is 0.205. The minimum atomic E-state index is -0.988. The number of carbonyl (C=O) groups excluding carboxylic acids is 1. The van der Waals surface area contributed by atoms with E-state index in [0.717, 1.165) is 100 Å². The molecule has 0 saturated heterocycles. The van der Waals surface area contributed by atoms with Crippen molar-refractivity contribution in [3.05, 3.63) is 188 Å². The van der Waals surface area contributed by atoms with Crippen molar-refractivity contribution in [3.8, 4) is 11.5 Å². The normalized spacial score (nSPS) is 13.4. The molecule has 316 valence electrons. The molecular weight excluding hydrogens is 819 g/mol. The third-order valence-corrected chi connectivity index (χ3v) is 11.3. The van der Waals surface area contributed by atoms with Gasteiger partial charge in [0.05, 0.1) is 17.7 Å². The molecule has 0 spiro atoms. The van der Waals surface area contributed by atoms with E-state index in [2.05, 4.69) is 0 Å². The second-order valence-corrected chi connectivity index (χ2v) is 16.0. The van der Waals surface area contributed by atoms with Gasteiger partial charge in [-0.2, -0.15) is 0 Å². The van der Waals surface area contributed by atoms with Crippen LogP contribution in [0.1, 0.15) is 99.5 Å². The second-order valence-electron chi connectivity index (χ2n) is 15.2. The Morgan fingerprint density at radius 1 is 0.565 bits per heavy atom. The first-order valence-electron chi connectivity index (χ1n) is 20.7. The SMILES string of the molecule is CCOC(=O)c1cc(N)cc(C2=C(c3cc(Cl)ccc3OCc3ccccc3)CCC2)c1.Nc1cc(C(=O)O)cc(C2=C(c3cc(Cl)ccc3OCc3ccccc3)CCC2)c1. The van der Waals surface area contributed by atoms with Crippen molar-refractivity contribution in [2.75, 3.05) is 18.1 Å². The van der Waals surface area contributed by atoms with Gasteiger partial charge in [0.25, 0.3) is 0 Å². The number of carboxylic acid groups (broad SMARTS) is 1. The fourth-order valence-electron chi connectivity index (χ4n) is 8.02. The first-order valence-corrected chi connectivity index (χ1v) is 21.4. The number of halogens is 2. The van der Waals surface area contributed by atoms with E-state index < -0.39 is 5.97 Å². The molecule has 2 aliphatic carbocycles. The summed E-state index contributed by atoms with van der Waals surface area (Å²) in [7, 11) is 0. The Bertz CT molecular complexity index is 2640. The van der Waals surface area contributed by atoms with Crippen molar-refractivity contribution >= 4 is 68.8 Å². The number of nitrogens with two attached hydrogens (primary N) is 2. The molecule has 5 N–H and O–H groups in total. The Labute approximate surface area is 372 Å². The van der Waals surface area contributed by atoms with Crippen molar-refractivity contribution in [1.82, 2.24) is 0 Å². The molecule has 8 nitrogen and oxygen atoms in total. The van der Waals surface area contributed by atoms with Crippen molar-refractivity contribution < 1.29 is 28.9 Å². The van der Waals surface area contributed by atoms with Crippen molar-refractivity contribution in [2.45, 2.75) is 58.7 Å². The van der Waals surface area contributed by atoms with Gasteiger partial charge in [-0.1, -0.05) is 83.9 Å².